The molecule has 2 aromatic carbocycles. The van der Waals surface area contributed by atoms with Gasteiger partial charge >= 0.3 is 0 Å². The first-order chi connectivity index (χ1) is 11.7. The standard InChI is InChI=1S/C19H24N2O3S/c1-15-10-11-18(12-16(15)2)20(3)19(22)14-21(25(4,23)24)13-17-8-6-5-7-9-17/h5-12H,13-14H2,1-4H3. The van der Waals surface area contributed by atoms with E-state index in [0.717, 1.165) is 28.6 Å². The Labute approximate surface area is 149 Å². The summed E-state index contributed by atoms with van der Waals surface area (Å²) in [6.45, 7) is 3.96. The molecule has 0 aliphatic rings. The third kappa shape index (κ3) is 5.14. The van der Waals surface area contributed by atoms with Crippen LogP contribution in [0.15, 0.2) is 48.5 Å². The zero-order valence-corrected chi connectivity index (χ0v) is 15.9. The third-order valence-electron chi connectivity index (χ3n) is 4.23. The second-order valence-electron chi connectivity index (χ2n) is 6.24. The number of sulfonamides is 1. The fourth-order valence-corrected chi connectivity index (χ4v) is 3.14. The molecule has 0 aliphatic carbocycles. The maximum atomic E-state index is 12.6. The number of rotatable bonds is 6. The van der Waals surface area contributed by atoms with Gasteiger partial charge in [-0.15, -0.1) is 0 Å². The van der Waals surface area contributed by atoms with E-state index in [1.807, 2.05) is 62.4 Å². The molecule has 0 saturated heterocycles. The summed E-state index contributed by atoms with van der Waals surface area (Å²) in [4.78, 5) is 14.1. The highest BCUT2D eigenvalue weighted by Crippen LogP contribution is 2.18. The number of likely N-dealkylation sites (N-methyl/N-ethyl adjacent to an activating group) is 1. The summed E-state index contributed by atoms with van der Waals surface area (Å²) >= 11 is 0. The molecule has 25 heavy (non-hydrogen) atoms. The van der Waals surface area contributed by atoms with Crippen LogP contribution in [0.2, 0.25) is 0 Å². The van der Waals surface area contributed by atoms with Crippen molar-refractivity contribution in [3.05, 3.63) is 65.2 Å². The SMILES string of the molecule is Cc1ccc(N(C)C(=O)CN(Cc2ccccc2)S(C)(=O)=O)cc1C. The smallest absolute Gasteiger partial charge is 0.242 e. The van der Waals surface area contributed by atoms with Gasteiger partial charge in [0.25, 0.3) is 0 Å². The number of benzene rings is 2. The molecule has 134 valence electrons. The molecule has 0 unspecified atom stereocenters. The summed E-state index contributed by atoms with van der Waals surface area (Å²) in [6, 6.07) is 15.0. The van der Waals surface area contributed by atoms with E-state index < -0.39 is 10.0 Å². The number of nitrogens with zero attached hydrogens (tertiary/aromatic N) is 2. The van der Waals surface area contributed by atoms with Gasteiger partial charge in [0.1, 0.15) is 0 Å². The van der Waals surface area contributed by atoms with Gasteiger partial charge in [-0.1, -0.05) is 36.4 Å². The van der Waals surface area contributed by atoms with Crippen molar-refractivity contribution in [3.8, 4) is 0 Å². The second kappa shape index (κ2) is 7.80. The first-order valence-corrected chi connectivity index (χ1v) is 9.86. The zero-order valence-electron chi connectivity index (χ0n) is 15.1. The molecule has 0 spiro atoms. The number of amides is 1. The summed E-state index contributed by atoms with van der Waals surface area (Å²) in [6.07, 6.45) is 1.12. The Morgan fingerprint density at radius 3 is 2.20 bits per heavy atom. The van der Waals surface area contributed by atoms with Gasteiger partial charge < -0.3 is 4.90 Å². The fraction of sp³-hybridized carbons (Fsp3) is 0.316. The highest BCUT2D eigenvalue weighted by atomic mass is 32.2. The normalized spacial score (nSPS) is 11.6. The number of anilines is 1. The van der Waals surface area contributed by atoms with Crippen LogP contribution in [0.5, 0.6) is 0 Å². The van der Waals surface area contributed by atoms with Crippen LogP contribution in [0.4, 0.5) is 5.69 Å². The van der Waals surface area contributed by atoms with Crippen molar-refractivity contribution in [1.82, 2.24) is 4.31 Å². The highest BCUT2D eigenvalue weighted by molar-refractivity contribution is 7.88. The van der Waals surface area contributed by atoms with Gasteiger partial charge in [-0.3, -0.25) is 4.79 Å². The lowest BCUT2D eigenvalue weighted by molar-refractivity contribution is -0.118. The molecule has 0 N–H and O–H groups in total. The highest BCUT2D eigenvalue weighted by Gasteiger charge is 2.23. The zero-order chi connectivity index (χ0) is 18.6. The van der Waals surface area contributed by atoms with Crippen LogP contribution in [0, 0.1) is 13.8 Å². The van der Waals surface area contributed by atoms with E-state index in [1.165, 1.54) is 9.21 Å². The Balaban J connectivity index is 2.17. The molecule has 0 bridgehead atoms. The van der Waals surface area contributed by atoms with Crippen molar-refractivity contribution < 1.29 is 13.2 Å². The molecule has 0 radical (unpaired) electrons. The average molecular weight is 360 g/mol. The molecule has 0 atom stereocenters. The first-order valence-electron chi connectivity index (χ1n) is 8.01. The maximum absolute atomic E-state index is 12.6. The Morgan fingerprint density at radius 2 is 1.64 bits per heavy atom. The topological polar surface area (TPSA) is 57.7 Å². The number of hydrogen-bond acceptors (Lipinski definition) is 3. The van der Waals surface area contributed by atoms with Crippen LogP contribution in [0.3, 0.4) is 0 Å². The van der Waals surface area contributed by atoms with Crippen molar-refractivity contribution in [2.75, 3.05) is 24.7 Å². The molecule has 0 fully saturated rings. The summed E-state index contributed by atoms with van der Waals surface area (Å²) in [5.74, 6) is -0.274. The van der Waals surface area contributed by atoms with Gasteiger partial charge in [0, 0.05) is 19.3 Å². The van der Waals surface area contributed by atoms with Gasteiger partial charge in [-0.05, 0) is 42.7 Å². The Morgan fingerprint density at radius 1 is 1.00 bits per heavy atom. The minimum atomic E-state index is -3.50. The van der Waals surface area contributed by atoms with Crippen molar-refractivity contribution in [3.63, 3.8) is 0 Å². The molecule has 2 aromatic rings. The summed E-state index contributed by atoms with van der Waals surface area (Å²) in [7, 11) is -1.84. The Bertz CT molecular complexity index is 848. The van der Waals surface area contributed by atoms with E-state index in [9.17, 15) is 13.2 Å². The lowest BCUT2D eigenvalue weighted by Gasteiger charge is -2.24. The van der Waals surface area contributed by atoms with Crippen LogP contribution in [-0.2, 0) is 21.4 Å². The predicted molar refractivity (Wildman–Crippen MR) is 101 cm³/mol. The first kappa shape index (κ1) is 19.1. The number of hydrogen-bond donors (Lipinski definition) is 0. The molecule has 2 rings (SSSR count). The lowest BCUT2D eigenvalue weighted by Crippen LogP contribution is -2.40. The molecule has 0 aromatic heterocycles. The van der Waals surface area contributed by atoms with E-state index in [1.54, 1.807) is 7.05 Å². The minimum Gasteiger partial charge on any atom is -0.314 e. The second-order valence-corrected chi connectivity index (χ2v) is 8.22. The molecular weight excluding hydrogens is 336 g/mol. The van der Waals surface area contributed by atoms with Gasteiger partial charge in [0.15, 0.2) is 0 Å². The average Bonchev–Trinajstić information content (AvgIpc) is 2.56. The molecule has 0 heterocycles. The van der Waals surface area contributed by atoms with Crippen LogP contribution in [0.1, 0.15) is 16.7 Å². The van der Waals surface area contributed by atoms with Crippen LogP contribution in [-0.4, -0.2) is 38.5 Å². The number of carbonyl (C=O) groups excluding carboxylic acids is 1. The van der Waals surface area contributed by atoms with E-state index in [-0.39, 0.29) is 19.0 Å². The summed E-state index contributed by atoms with van der Waals surface area (Å²) in [5, 5.41) is 0. The van der Waals surface area contributed by atoms with Crippen LogP contribution >= 0.6 is 0 Å². The maximum Gasteiger partial charge on any atom is 0.242 e. The van der Waals surface area contributed by atoms with Crippen LogP contribution in [0.25, 0.3) is 0 Å². The van der Waals surface area contributed by atoms with E-state index in [2.05, 4.69) is 0 Å². The predicted octanol–water partition coefficient (Wildman–Crippen LogP) is 2.73. The van der Waals surface area contributed by atoms with Crippen molar-refractivity contribution in [2.45, 2.75) is 20.4 Å². The molecular formula is C19H24N2O3S. The van der Waals surface area contributed by atoms with Gasteiger partial charge in [0.05, 0.1) is 12.8 Å². The number of aryl methyl sites for hydroxylation is 2. The third-order valence-corrected chi connectivity index (χ3v) is 5.43. The minimum absolute atomic E-state index is 0.173. The summed E-state index contributed by atoms with van der Waals surface area (Å²) < 4.78 is 25.4. The van der Waals surface area contributed by atoms with Crippen LogP contribution < -0.4 is 4.90 Å². The molecule has 5 nitrogen and oxygen atoms in total. The van der Waals surface area contributed by atoms with Crippen molar-refractivity contribution >= 4 is 21.6 Å². The summed E-state index contributed by atoms with van der Waals surface area (Å²) in [5.41, 5.74) is 3.82. The quantitative estimate of drug-likeness (QED) is 0.796. The van der Waals surface area contributed by atoms with Crippen molar-refractivity contribution in [2.24, 2.45) is 0 Å². The fourth-order valence-electron chi connectivity index (χ4n) is 2.41. The van der Waals surface area contributed by atoms with Crippen molar-refractivity contribution in [1.29, 1.82) is 0 Å². The van der Waals surface area contributed by atoms with E-state index in [0.29, 0.717) is 0 Å². The molecule has 0 saturated carbocycles. The van der Waals surface area contributed by atoms with Gasteiger partial charge in [-0.2, -0.15) is 4.31 Å². The van der Waals surface area contributed by atoms with Gasteiger partial charge in [-0.25, -0.2) is 8.42 Å². The van der Waals surface area contributed by atoms with E-state index >= 15 is 0 Å². The lowest BCUT2D eigenvalue weighted by atomic mass is 10.1. The molecule has 0 aliphatic heterocycles. The Kier molecular flexibility index (Phi) is 5.98. The van der Waals surface area contributed by atoms with E-state index in [4.69, 9.17) is 0 Å². The molecule has 1 amide bonds. The Hall–Kier alpha value is -2.18. The monoisotopic (exact) mass is 360 g/mol. The van der Waals surface area contributed by atoms with Gasteiger partial charge in [0.2, 0.25) is 15.9 Å². The largest absolute Gasteiger partial charge is 0.314 e. The molecule has 6 heteroatoms. The number of carbonyl (C=O) groups is 1.